The second-order valence-electron chi connectivity index (χ2n) is 34.6. The zero-order valence-electron chi connectivity index (χ0n) is 69.3. The largest absolute Gasteiger partial charge is 0.310 e. The van der Waals surface area contributed by atoms with Crippen LogP contribution in [0.1, 0.15) is 52.7 Å². The summed E-state index contributed by atoms with van der Waals surface area (Å²) in [6.07, 6.45) is 0. The molecule has 0 N–H and O–H groups in total. The van der Waals surface area contributed by atoms with Crippen LogP contribution in [-0.2, 0) is 10.8 Å². The van der Waals surface area contributed by atoms with Crippen molar-refractivity contribution < 1.29 is 0 Å². The Hall–Kier alpha value is -13.9. The molecule has 578 valence electrons. The maximum atomic E-state index is 2.75. The number of hydrogen-bond donors (Lipinski definition) is 0. The third-order valence-electron chi connectivity index (χ3n) is 25.4. The molecule has 0 radical (unpaired) electrons. The standard InChI is InChI=1S/C116H93BN2Si2/c1-115(2,3)92-70-72-107-109(78-92)119(114-104(86-49-25-11-26-50-86)67-40-68-105(114)87-51-27-12-28-52-87)111-80-93(116(4,5)6)79-110-112(111)117(107)106-71-69-90(77-108(106)118(110)113-102(84-45-21-9-22-46-84)65-39-66-103(113)85-47-23-10-24-48-85)91-75-100(120(94-55-29-13-30-56-94,95-57-31-14-32-58-95)98-63-37-53-88(73-98)82-41-17-7-18-42-82)81-101(76-91)121(96-59-33-15-34-60-96,97-61-35-16-36-62-97)99-64-38-54-89(74-99)83-43-19-8-20-44-83/h7-81H,1-6H3. The van der Waals surface area contributed by atoms with Crippen molar-refractivity contribution in [2.24, 2.45) is 0 Å². The van der Waals surface area contributed by atoms with Gasteiger partial charge in [-0.05, 0) is 160 Å². The lowest BCUT2D eigenvalue weighted by Gasteiger charge is -2.46. The SMILES string of the molecule is CC(C)(C)c1ccc2c(c1)N(c1c(-c3ccccc3)cccc1-c1ccccc1)c1cc(C(C)(C)C)cc3c1B2c1ccc(-c2cc([Si](c4ccccc4)(c4ccccc4)c4cccc(-c5ccccc5)c4)cc([Si](c4ccccc4)(c4ccccc4)c4cccc(-c5ccccc5)c4)c2)cc1N3c1c(-c2ccccc2)cccc1-c1ccccc1. The summed E-state index contributed by atoms with van der Waals surface area (Å²) >= 11 is 0. The molecule has 0 saturated carbocycles. The number of nitrogens with zero attached hydrogens (tertiary/aromatic N) is 2. The van der Waals surface area contributed by atoms with Crippen molar-refractivity contribution in [2.75, 3.05) is 9.80 Å². The Bertz CT molecular complexity index is 6430. The Morgan fingerprint density at radius 1 is 0.190 bits per heavy atom. The quantitative estimate of drug-likeness (QED) is 0.0662. The molecule has 0 fully saturated rings. The van der Waals surface area contributed by atoms with E-state index in [1.54, 1.807) is 0 Å². The minimum atomic E-state index is -3.51. The zero-order chi connectivity index (χ0) is 81.8. The molecule has 0 aliphatic carbocycles. The molecule has 18 aromatic rings. The fourth-order valence-corrected chi connectivity index (χ4v) is 29.5. The summed E-state index contributed by atoms with van der Waals surface area (Å²) in [4.78, 5) is 5.46. The lowest BCUT2D eigenvalue weighted by Crippen LogP contribution is -2.78. The summed E-state index contributed by atoms with van der Waals surface area (Å²) in [6, 6.07) is 175. The van der Waals surface area contributed by atoms with Gasteiger partial charge in [-0.2, -0.15) is 0 Å². The first-order valence-corrected chi connectivity index (χ1v) is 46.6. The fourth-order valence-electron chi connectivity index (χ4n) is 19.6. The van der Waals surface area contributed by atoms with Gasteiger partial charge in [0.2, 0.25) is 0 Å². The first-order valence-electron chi connectivity index (χ1n) is 42.6. The molecule has 2 aliphatic heterocycles. The van der Waals surface area contributed by atoms with Crippen LogP contribution >= 0.6 is 0 Å². The van der Waals surface area contributed by atoms with E-state index in [2.05, 4.69) is 506 Å². The second-order valence-corrected chi connectivity index (χ2v) is 42.2. The van der Waals surface area contributed by atoms with Crippen LogP contribution in [-0.4, -0.2) is 22.9 Å². The van der Waals surface area contributed by atoms with Crippen LogP contribution in [0.15, 0.2) is 455 Å². The fraction of sp³-hybridized carbons (Fsp3) is 0.0690. The van der Waals surface area contributed by atoms with Crippen LogP contribution in [0.25, 0.3) is 77.9 Å². The van der Waals surface area contributed by atoms with Gasteiger partial charge in [-0.1, -0.05) is 472 Å². The van der Waals surface area contributed by atoms with Gasteiger partial charge in [-0.15, -0.1) is 0 Å². The molecule has 0 unspecified atom stereocenters. The van der Waals surface area contributed by atoms with Gasteiger partial charge in [-0.25, -0.2) is 0 Å². The lowest BCUT2D eigenvalue weighted by atomic mass is 9.33. The Morgan fingerprint density at radius 2 is 0.455 bits per heavy atom. The molecule has 2 aliphatic rings. The van der Waals surface area contributed by atoms with Crippen LogP contribution in [0.3, 0.4) is 0 Å². The predicted molar refractivity (Wildman–Crippen MR) is 523 cm³/mol. The Labute approximate surface area is 715 Å². The minimum absolute atomic E-state index is 0.197. The van der Waals surface area contributed by atoms with Crippen molar-refractivity contribution in [1.29, 1.82) is 0 Å². The molecule has 20 rings (SSSR count). The molecule has 121 heavy (non-hydrogen) atoms. The van der Waals surface area contributed by atoms with E-state index in [0.29, 0.717) is 0 Å². The molecule has 2 nitrogen and oxygen atoms in total. The number of fused-ring (bicyclic) bond motifs is 4. The number of benzene rings is 18. The van der Waals surface area contributed by atoms with Gasteiger partial charge in [-0.3, -0.25) is 0 Å². The highest BCUT2D eigenvalue weighted by atomic mass is 28.3. The maximum absolute atomic E-state index is 3.51. The average molecular weight is 1580 g/mol. The third kappa shape index (κ3) is 13.5. The highest BCUT2D eigenvalue weighted by molar-refractivity contribution is 7.22. The van der Waals surface area contributed by atoms with E-state index in [1.807, 2.05) is 0 Å². The van der Waals surface area contributed by atoms with E-state index in [0.717, 1.165) is 78.4 Å². The van der Waals surface area contributed by atoms with Crippen LogP contribution < -0.4 is 67.7 Å². The minimum Gasteiger partial charge on any atom is -0.310 e. The molecular weight excluding hydrogens is 1490 g/mol. The number of hydrogen-bond acceptors (Lipinski definition) is 2. The van der Waals surface area contributed by atoms with Gasteiger partial charge in [0.1, 0.15) is 0 Å². The molecule has 0 spiro atoms. The molecule has 2 heterocycles. The first-order chi connectivity index (χ1) is 59.3. The molecule has 5 heteroatoms. The van der Waals surface area contributed by atoms with E-state index in [-0.39, 0.29) is 17.5 Å². The van der Waals surface area contributed by atoms with Crippen molar-refractivity contribution in [1.82, 2.24) is 0 Å². The smallest absolute Gasteiger partial charge is 0.252 e. The van der Waals surface area contributed by atoms with Crippen LogP contribution in [0.2, 0.25) is 0 Å². The molecule has 18 aromatic carbocycles. The van der Waals surface area contributed by atoms with Gasteiger partial charge in [0.15, 0.2) is 16.1 Å². The summed E-state index contributed by atoms with van der Waals surface area (Å²) in [5, 5.41) is 10.4. The molecule has 0 amide bonds. The number of anilines is 6. The van der Waals surface area contributed by atoms with E-state index < -0.39 is 16.1 Å². The van der Waals surface area contributed by atoms with Gasteiger partial charge in [0.05, 0.1) is 11.4 Å². The van der Waals surface area contributed by atoms with Crippen molar-refractivity contribution in [3.8, 4) is 77.9 Å². The van der Waals surface area contributed by atoms with E-state index >= 15 is 0 Å². The zero-order valence-corrected chi connectivity index (χ0v) is 71.3. The Morgan fingerprint density at radius 3 is 0.793 bits per heavy atom. The highest BCUT2D eigenvalue weighted by Gasteiger charge is 2.49. The summed E-state index contributed by atoms with van der Waals surface area (Å²) in [6.45, 7) is 14.1. The van der Waals surface area contributed by atoms with Crippen LogP contribution in [0.5, 0.6) is 0 Å². The number of para-hydroxylation sites is 2. The maximum Gasteiger partial charge on any atom is 0.252 e. The monoisotopic (exact) mass is 1580 g/mol. The summed E-state index contributed by atoms with van der Waals surface area (Å²) in [7, 11) is -7.03. The normalized spacial score (nSPS) is 12.5. The van der Waals surface area contributed by atoms with Gasteiger partial charge >= 0.3 is 0 Å². The van der Waals surface area contributed by atoms with Gasteiger partial charge in [0, 0.05) is 45.0 Å². The van der Waals surface area contributed by atoms with Crippen LogP contribution in [0.4, 0.5) is 34.1 Å². The van der Waals surface area contributed by atoms with E-state index in [9.17, 15) is 0 Å². The Kier molecular flexibility index (Phi) is 19.7. The van der Waals surface area contributed by atoms with Gasteiger partial charge < -0.3 is 9.80 Å². The molecule has 0 atom stereocenters. The number of rotatable bonds is 17. The van der Waals surface area contributed by atoms with E-state index in [1.165, 1.54) is 103 Å². The summed E-state index contributed by atoms with van der Waals surface area (Å²) < 4.78 is 0. The predicted octanol–water partition coefficient (Wildman–Crippen LogP) is 22.8. The van der Waals surface area contributed by atoms with Crippen LogP contribution in [0, 0.1) is 0 Å². The first kappa shape index (κ1) is 75.8. The average Bonchev–Trinajstić information content (AvgIpc) is 0.684. The Balaban J connectivity index is 0.956. The highest BCUT2D eigenvalue weighted by Crippen LogP contribution is 2.54. The van der Waals surface area contributed by atoms with Gasteiger partial charge in [0.25, 0.3) is 6.71 Å². The lowest BCUT2D eigenvalue weighted by molar-refractivity contribution is 0.590. The van der Waals surface area contributed by atoms with Crippen molar-refractivity contribution >= 4 is 115 Å². The second kappa shape index (κ2) is 31.4. The molecular formula is C116H93BN2Si2. The van der Waals surface area contributed by atoms with Crippen molar-refractivity contribution in [3.63, 3.8) is 0 Å². The molecule has 0 aromatic heterocycles. The van der Waals surface area contributed by atoms with Crippen molar-refractivity contribution in [2.45, 2.75) is 52.4 Å². The molecule has 0 saturated heterocycles. The third-order valence-corrected chi connectivity index (χ3v) is 34.9. The molecule has 0 bridgehead atoms. The summed E-state index contributed by atoms with van der Waals surface area (Å²) in [5.74, 6) is 0. The van der Waals surface area contributed by atoms with Crippen molar-refractivity contribution in [3.05, 3.63) is 466 Å². The van der Waals surface area contributed by atoms with E-state index in [4.69, 9.17) is 0 Å². The topological polar surface area (TPSA) is 6.48 Å². The summed E-state index contributed by atoms with van der Waals surface area (Å²) in [5.41, 5.74) is 28.8.